The molecule has 0 unspecified atom stereocenters. The number of ether oxygens (including phenoxy) is 2. The number of rotatable bonds is 5. The first kappa shape index (κ1) is 16.4. The van der Waals surface area contributed by atoms with Gasteiger partial charge in [-0.15, -0.1) is 0 Å². The maximum absolute atomic E-state index is 11.9. The van der Waals surface area contributed by atoms with Crippen LogP contribution in [0.3, 0.4) is 0 Å². The number of H-pyrrole nitrogens is 1. The standard InChI is InChI=1S/C13H18N2O7/c1-21-11(18)2-3-15-5-7(12(19)14-13(15)20)9-4-8(17)10(6-16)22-9/h5,8-10,16-17H,2-4,6H2,1H3,(H,14,19,20)/t8-,9+,10+/m0/s1. The van der Waals surface area contributed by atoms with Gasteiger partial charge in [0.15, 0.2) is 0 Å². The quantitative estimate of drug-likeness (QED) is 0.551. The van der Waals surface area contributed by atoms with Crippen LogP contribution in [0.15, 0.2) is 15.8 Å². The Bertz CT molecular complexity index is 651. The van der Waals surface area contributed by atoms with Crippen molar-refractivity contribution in [3.05, 3.63) is 32.6 Å². The molecule has 9 nitrogen and oxygen atoms in total. The van der Waals surface area contributed by atoms with E-state index in [1.807, 2.05) is 0 Å². The first-order valence-electron chi connectivity index (χ1n) is 6.81. The van der Waals surface area contributed by atoms with Gasteiger partial charge in [-0.2, -0.15) is 0 Å². The largest absolute Gasteiger partial charge is 0.469 e. The number of hydrogen-bond donors (Lipinski definition) is 3. The molecule has 122 valence electrons. The molecule has 1 fully saturated rings. The summed E-state index contributed by atoms with van der Waals surface area (Å²) in [7, 11) is 1.24. The molecule has 0 bridgehead atoms. The lowest BCUT2D eigenvalue weighted by atomic mass is 10.1. The van der Waals surface area contributed by atoms with Crippen molar-refractivity contribution >= 4 is 5.97 Å². The highest BCUT2D eigenvalue weighted by Crippen LogP contribution is 2.30. The van der Waals surface area contributed by atoms with Gasteiger partial charge in [0, 0.05) is 19.2 Å². The second-order valence-corrected chi connectivity index (χ2v) is 5.01. The van der Waals surface area contributed by atoms with Crippen molar-refractivity contribution in [2.24, 2.45) is 0 Å². The van der Waals surface area contributed by atoms with Crippen LogP contribution < -0.4 is 11.2 Å². The highest BCUT2D eigenvalue weighted by atomic mass is 16.5. The molecular formula is C13H18N2O7. The van der Waals surface area contributed by atoms with Gasteiger partial charge in [-0.1, -0.05) is 0 Å². The third-order valence-corrected chi connectivity index (χ3v) is 3.57. The van der Waals surface area contributed by atoms with Gasteiger partial charge in [-0.05, 0) is 0 Å². The fourth-order valence-corrected chi connectivity index (χ4v) is 2.33. The fraction of sp³-hybridized carbons (Fsp3) is 0.615. The zero-order valence-corrected chi connectivity index (χ0v) is 12.0. The van der Waals surface area contributed by atoms with E-state index in [0.717, 1.165) is 0 Å². The Hall–Kier alpha value is -1.97. The highest BCUT2D eigenvalue weighted by Gasteiger charge is 2.35. The fourth-order valence-electron chi connectivity index (χ4n) is 2.33. The van der Waals surface area contributed by atoms with Crippen molar-refractivity contribution in [3.8, 4) is 0 Å². The molecule has 3 N–H and O–H groups in total. The number of esters is 1. The molecule has 0 amide bonds. The van der Waals surface area contributed by atoms with Crippen molar-refractivity contribution in [1.82, 2.24) is 9.55 Å². The van der Waals surface area contributed by atoms with E-state index >= 15 is 0 Å². The number of nitrogens with one attached hydrogen (secondary N) is 1. The third kappa shape index (κ3) is 3.43. The Morgan fingerprint density at radius 2 is 2.27 bits per heavy atom. The minimum Gasteiger partial charge on any atom is -0.469 e. The zero-order valence-electron chi connectivity index (χ0n) is 12.0. The first-order valence-corrected chi connectivity index (χ1v) is 6.81. The molecule has 1 saturated heterocycles. The lowest BCUT2D eigenvalue weighted by molar-refractivity contribution is -0.140. The van der Waals surface area contributed by atoms with Gasteiger partial charge in [0.2, 0.25) is 0 Å². The summed E-state index contributed by atoms with van der Waals surface area (Å²) < 4.78 is 11.1. The van der Waals surface area contributed by atoms with Gasteiger partial charge in [0.25, 0.3) is 5.56 Å². The van der Waals surface area contributed by atoms with Gasteiger partial charge < -0.3 is 19.7 Å². The molecule has 2 rings (SSSR count). The molecule has 1 aliphatic heterocycles. The van der Waals surface area contributed by atoms with E-state index in [0.29, 0.717) is 0 Å². The molecule has 0 aliphatic carbocycles. The molecule has 22 heavy (non-hydrogen) atoms. The predicted molar refractivity (Wildman–Crippen MR) is 73.3 cm³/mol. The van der Waals surface area contributed by atoms with Crippen LogP contribution in [-0.2, 0) is 20.8 Å². The third-order valence-electron chi connectivity index (χ3n) is 3.57. The van der Waals surface area contributed by atoms with E-state index in [-0.39, 0.29) is 31.6 Å². The predicted octanol–water partition coefficient (Wildman–Crippen LogP) is -1.72. The van der Waals surface area contributed by atoms with Crippen LogP contribution in [0, 0.1) is 0 Å². The van der Waals surface area contributed by atoms with E-state index in [1.54, 1.807) is 0 Å². The SMILES string of the molecule is COC(=O)CCn1cc([C@H]2C[C@H](O)[C@@H](CO)O2)c(=O)[nH]c1=O. The van der Waals surface area contributed by atoms with Gasteiger partial charge in [0.1, 0.15) is 6.10 Å². The molecular weight excluding hydrogens is 296 g/mol. The van der Waals surface area contributed by atoms with Crippen LogP contribution in [0.4, 0.5) is 0 Å². The molecule has 9 heteroatoms. The number of nitrogens with zero attached hydrogens (tertiary/aromatic N) is 1. The topological polar surface area (TPSA) is 131 Å². The Morgan fingerprint density at radius 3 is 2.86 bits per heavy atom. The van der Waals surface area contributed by atoms with E-state index in [9.17, 15) is 19.5 Å². The van der Waals surface area contributed by atoms with Gasteiger partial charge in [-0.25, -0.2) is 4.79 Å². The number of aliphatic hydroxyl groups is 2. The van der Waals surface area contributed by atoms with Crippen LogP contribution in [0.5, 0.6) is 0 Å². The Labute approximate surface area is 125 Å². The molecule has 0 radical (unpaired) electrons. The number of carbonyl (C=O) groups is 1. The molecule has 0 spiro atoms. The number of methoxy groups -OCH3 is 1. The average Bonchev–Trinajstić information content (AvgIpc) is 2.86. The summed E-state index contributed by atoms with van der Waals surface area (Å²) in [5, 5.41) is 18.8. The number of aryl methyl sites for hydroxylation is 1. The molecule has 1 aromatic heterocycles. The van der Waals surface area contributed by atoms with E-state index < -0.39 is 35.5 Å². The van der Waals surface area contributed by atoms with Crippen LogP contribution in [-0.4, -0.2) is 51.7 Å². The Balaban J connectivity index is 2.23. The van der Waals surface area contributed by atoms with Crippen molar-refractivity contribution in [3.63, 3.8) is 0 Å². The molecule has 1 aliphatic rings. The lowest BCUT2D eigenvalue weighted by Gasteiger charge is -2.13. The highest BCUT2D eigenvalue weighted by molar-refractivity contribution is 5.68. The molecule has 0 saturated carbocycles. The van der Waals surface area contributed by atoms with Gasteiger partial charge >= 0.3 is 11.7 Å². The molecule has 3 atom stereocenters. The van der Waals surface area contributed by atoms with Gasteiger partial charge in [-0.3, -0.25) is 19.1 Å². The number of carbonyl (C=O) groups excluding carboxylic acids is 1. The Kier molecular flexibility index (Phi) is 5.11. The maximum atomic E-state index is 11.9. The number of aliphatic hydroxyl groups excluding tert-OH is 2. The summed E-state index contributed by atoms with van der Waals surface area (Å²) in [6.45, 7) is -0.314. The number of hydrogen-bond acceptors (Lipinski definition) is 7. The van der Waals surface area contributed by atoms with Crippen molar-refractivity contribution in [2.75, 3.05) is 13.7 Å². The lowest BCUT2D eigenvalue weighted by Crippen LogP contribution is -2.33. The first-order chi connectivity index (χ1) is 10.5. The minimum atomic E-state index is -0.884. The summed E-state index contributed by atoms with van der Waals surface area (Å²) in [6.07, 6.45) is -0.939. The van der Waals surface area contributed by atoms with E-state index in [2.05, 4.69) is 9.72 Å². The van der Waals surface area contributed by atoms with Gasteiger partial charge in [0.05, 0.1) is 37.9 Å². The normalized spacial score (nSPS) is 24.4. The molecule has 1 aromatic rings. The summed E-state index contributed by atoms with van der Waals surface area (Å²) in [6, 6.07) is 0. The maximum Gasteiger partial charge on any atom is 0.328 e. The second-order valence-electron chi connectivity index (χ2n) is 5.01. The van der Waals surface area contributed by atoms with Crippen molar-refractivity contribution < 1.29 is 24.5 Å². The van der Waals surface area contributed by atoms with Crippen molar-refractivity contribution in [1.29, 1.82) is 0 Å². The van der Waals surface area contributed by atoms with Crippen LogP contribution in [0.1, 0.15) is 24.5 Å². The van der Waals surface area contributed by atoms with E-state index in [4.69, 9.17) is 9.84 Å². The summed E-state index contributed by atoms with van der Waals surface area (Å²) in [5.74, 6) is -0.479. The monoisotopic (exact) mass is 314 g/mol. The second kappa shape index (κ2) is 6.86. The summed E-state index contributed by atoms with van der Waals surface area (Å²) in [5.41, 5.74) is -1.09. The van der Waals surface area contributed by atoms with Crippen LogP contribution in [0.25, 0.3) is 0 Å². The Morgan fingerprint density at radius 1 is 1.55 bits per heavy atom. The minimum absolute atomic E-state index is 0.0185. The molecule has 2 heterocycles. The number of aromatic amines is 1. The van der Waals surface area contributed by atoms with Crippen molar-refractivity contribution in [2.45, 2.75) is 37.7 Å². The smallest absolute Gasteiger partial charge is 0.328 e. The summed E-state index contributed by atoms with van der Waals surface area (Å²) >= 11 is 0. The van der Waals surface area contributed by atoms with Crippen LogP contribution in [0.2, 0.25) is 0 Å². The van der Waals surface area contributed by atoms with E-state index in [1.165, 1.54) is 17.9 Å². The number of aromatic nitrogens is 2. The molecule has 0 aromatic carbocycles. The van der Waals surface area contributed by atoms with Crippen LogP contribution >= 0.6 is 0 Å². The average molecular weight is 314 g/mol. The summed E-state index contributed by atoms with van der Waals surface area (Å²) in [4.78, 5) is 36.9. The zero-order chi connectivity index (χ0) is 16.3.